The molecule has 2 N–H and O–H groups in total. The van der Waals surface area contributed by atoms with Gasteiger partial charge in [0.25, 0.3) is 0 Å². The summed E-state index contributed by atoms with van der Waals surface area (Å²) >= 11 is 0. The average Bonchev–Trinajstić information content (AvgIpc) is 3.04. The Kier molecular flexibility index (Phi) is 10.1. The first kappa shape index (κ1) is 33.5. The van der Waals surface area contributed by atoms with Crippen LogP contribution in [0.1, 0.15) is 43.0 Å². The summed E-state index contributed by atoms with van der Waals surface area (Å²) in [5.41, 5.74) is -2.22. The number of methoxy groups -OCH3 is 4. The van der Waals surface area contributed by atoms with Gasteiger partial charge in [-0.2, -0.15) is 0 Å². The number of carboxylic acid groups (broad SMARTS) is 2. The van der Waals surface area contributed by atoms with Crippen molar-refractivity contribution in [3.8, 4) is 34.5 Å². The van der Waals surface area contributed by atoms with Crippen molar-refractivity contribution >= 4 is 23.3 Å². The molecule has 15 nitrogen and oxygen atoms in total. The van der Waals surface area contributed by atoms with E-state index in [0.29, 0.717) is 34.1 Å². The molecule has 0 aliphatic carbocycles. The zero-order valence-corrected chi connectivity index (χ0v) is 25.5. The van der Waals surface area contributed by atoms with E-state index in [4.69, 9.17) is 23.7 Å². The number of hydrogen-bond donors (Lipinski definition) is 2. The molecule has 0 unspecified atom stereocenters. The van der Waals surface area contributed by atoms with Crippen molar-refractivity contribution in [3.63, 3.8) is 0 Å². The summed E-state index contributed by atoms with van der Waals surface area (Å²) in [6.45, 7) is 0. The lowest BCUT2D eigenvalue weighted by Crippen LogP contribution is -2.11. The molecule has 4 aromatic carbocycles. The molecule has 244 valence electrons. The van der Waals surface area contributed by atoms with Crippen LogP contribution >= 0.6 is 0 Å². The van der Waals surface area contributed by atoms with Crippen molar-refractivity contribution in [2.75, 3.05) is 28.4 Å². The second kappa shape index (κ2) is 14.2. The van der Waals surface area contributed by atoms with Crippen molar-refractivity contribution < 1.29 is 53.3 Å². The molecule has 0 saturated carbocycles. The number of nitro benzene ring substituents is 2. The molecule has 4 rings (SSSR count). The SMILES string of the molecule is COc1ccc(Cc2ccc(Oc3ccc(Cc4ccc(OC)c(OC)c4)c(C(=O)O)c3[N+](=O)[O-])c([N+](=O)[O-])c2C(=O)O)cc1OC. The third-order valence-corrected chi connectivity index (χ3v) is 7.15. The van der Waals surface area contributed by atoms with E-state index in [-0.39, 0.29) is 24.0 Å². The quantitative estimate of drug-likeness (QED) is 0.121. The first-order valence-corrected chi connectivity index (χ1v) is 13.6. The summed E-state index contributed by atoms with van der Waals surface area (Å²) in [4.78, 5) is 47.3. The van der Waals surface area contributed by atoms with Crippen LogP contribution in [0.5, 0.6) is 34.5 Å². The predicted molar refractivity (Wildman–Crippen MR) is 165 cm³/mol. The fourth-order valence-corrected chi connectivity index (χ4v) is 5.07. The fourth-order valence-electron chi connectivity index (χ4n) is 5.07. The molecule has 0 aliphatic heterocycles. The molecule has 4 aromatic rings. The van der Waals surface area contributed by atoms with Crippen LogP contribution in [-0.4, -0.2) is 60.4 Å². The molecule has 0 spiro atoms. The largest absolute Gasteiger partial charge is 0.493 e. The first-order valence-electron chi connectivity index (χ1n) is 13.6. The minimum atomic E-state index is -1.65. The van der Waals surface area contributed by atoms with Crippen LogP contribution in [0, 0.1) is 20.2 Å². The van der Waals surface area contributed by atoms with Gasteiger partial charge in [0.2, 0.25) is 11.5 Å². The number of carbonyl (C=O) groups is 2. The first-order chi connectivity index (χ1) is 22.4. The van der Waals surface area contributed by atoms with Crippen LogP contribution in [-0.2, 0) is 12.8 Å². The number of hydrogen-bond acceptors (Lipinski definition) is 11. The zero-order chi connectivity index (χ0) is 34.4. The second-order valence-electron chi connectivity index (χ2n) is 9.85. The van der Waals surface area contributed by atoms with Crippen molar-refractivity contribution in [3.05, 3.63) is 114 Å². The number of aromatic carboxylic acids is 2. The lowest BCUT2D eigenvalue weighted by molar-refractivity contribution is -0.387. The molecule has 0 amide bonds. The van der Waals surface area contributed by atoms with Crippen LogP contribution < -0.4 is 23.7 Å². The third-order valence-electron chi connectivity index (χ3n) is 7.15. The summed E-state index contributed by atoms with van der Waals surface area (Å²) in [5.74, 6) is -3.04. The Labute approximate surface area is 266 Å². The van der Waals surface area contributed by atoms with Gasteiger partial charge in [-0.15, -0.1) is 0 Å². The summed E-state index contributed by atoms with van der Waals surface area (Å²) < 4.78 is 26.6. The highest BCUT2D eigenvalue weighted by molar-refractivity contribution is 5.97. The molecule has 47 heavy (non-hydrogen) atoms. The maximum atomic E-state index is 12.4. The monoisotopic (exact) mass is 648 g/mol. The number of ether oxygens (including phenoxy) is 5. The molecule has 0 atom stereocenters. The second-order valence-corrected chi connectivity index (χ2v) is 9.85. The molecule has 15 heteroatoms. The van der Waals surface area contributed by atoms with Crippen molar-refractivity contribution in [1.29, 1.82) is 0 Å². The molecule has 0 radical (unpaired) electrons. The van der Waals surface area contributed by atoms with Crippen molar-refractivity contribution in [2.45, 2.75) is 12.8 Å². The van der Waals surface area contributed by atoms with Crippen LogP contribution in [0.15, 0.2) is 60.7 Å². The number of nitro groups is 2. The van der Waals surface area contributed by atoms with Crippen LogP contribution in [0.25, 0.3) is 0 Å². The molecule has 0 heterocycles. The van der Waals surface area contributed by atoms with Gasteiger partial charge in [-0.3, -0.25) is 20.2 Å². The highest BCUT2D eigenvalue weighted by Gasteiger charge is 2.34. The third kappa shape index (κ3) is 6.98. The summed E-state index contributed by atoms with van der Waals surface area (Å²) in [7, 11) is 5.72. The van der Waals surface area contributed by atoms with E-state index in [1.54, 1.807) is 36.4 Å². The molecule has 0 saturated heterocycles. The maximum absolute atomic E-state index is 12.4. The van der Waals surface area contributed by atoms with E-state index in [1.807, 2.05) is 0 Å². The van der Waals surface area contributed by atoms with Crippen LogP contribution in [0.2, 0.25) is 0 Å². The van der Waals surface area contributed by atoms with E-state index in [9.17, 15) is 40.0 Å². The highest BCUT2D eigenvalue weighted by Crippen LogP contribution is 2.42. The van der Waals surface area contributed by atoms with Gasteiger partial charge in [-0.05, 0) is 71.5 Å². The van der Waals surface area contributed by atoms with Gasteiger partial charge in [0.05, 0.1) is 38.3 Å². The molecule has 0 bridgehead atoms. The lowest BCUT2D eigenvalue weighted by Gasteiger charge is -2.15. The minimum Gasteiger partial charge on any atom is -0.493 e. The fraction of sp³-hybridized carbons (Fsp3) is 0.188. The van der Waals surface area contributed by atoms with Crippen LogP contribution in [0.3, 0.4) is 0 Å². The van der Waals surface area contributed by atoms with E-state index in [2.05, 4.69) is 0 Å². The van der Waals surface area contributed by atoms with Gasteiger partial charge >= 0.3 is 23.3 Å². The average molecular weight is 649 g/mol. The number of rotatable bonds is 14. The lowest BCUT2D eigenvalue weighted by atomic mass is 9.97. The molecule has 0 aromatic heterocycles. The van der Waals surface area contributed by atoms with E-state index in [0.717, 1.165) is 12.1 Å². The standard InChI is InChI=1S/C32H28N2O13/c1-43-21-9-5-17(15-25(21)45-3)13-19-7-11-23(29(33(39)40)27(19)31(35)36)47-24-12-8-20(28(32(37)38)30(24)34(41)42)14-18-6-10-22(44-2)26(16-18)46-4/h5-12,15-16H,13-14H2,1-4H3,(H,35,36)(H,37,38). The smallest absolute Gasteiger partial charge is 0.343 e. The molecule has 0 aliphatic rings. The van der Waals surface area contributed by atoms with E-state index >= 15 is 0 Å². The summed E-state index contributed by atoms with van der Waals surface area (Å²) in [6.07, 6.45) is -0.144. The Morgan fingerprint density at radius 2 is 0.915 bits per heavy atom. The van der Waals surface area contributed by atoms with Gasteiger partial charge in [0.1, 0.15) is 11.1 Å². The Bertz CT molecular complexity index is 1750. The topological polar surface area (TPSA) is 207 Å². The van der Waals surface area contributed by atoms with Crippen molar-refractivity contribution in [2.24, 2.45) is 0 Å². The maximum Gasteiger partial charge on any atom is 0.343 e. The minimum absolute atomic E-state index is 0.0368. The van der Waals surface area contributed by atoms with Gasteiger partial charge in [0, 0.05) is 0 Å². The van der Waals surface area contributed by atoms with Gasteiger partial charge in [0.15, 0.2) is 23.0 Å². The molecule has 0 fully saturated rings. The van der Waals surface area contributed by atoms with Gasteiger partial charge in [-0.25, -0.2) is 9.59 Å². The van der Waals surface area contributed by atoms with Crippen molar-refractivity contribution in [1.82, 2.24) is 0 Å². The Morgan fingerprint density at radius 1 is 0.574 bits per heavy atom. The van der Waals surface area contributed by atoms with Gasteiger partial charge < -0.3 is 33.9 Å². The zero-order valence-electron chi connectivity index (χ0n) is 25.5. The number of nitrogens with zero attached hydrogens (tertiary/aromatic N) is 2. The highest BCUT2D eigenvalue weighted by atomic mass is 16.6. The van der Waals surface area contributed by atoms with E-state index in [1.165, 1.54) is 40.6 Å². The summed E-state index contributed by atoms with van der Waals surface area (Å²) in [5, 5.41) is 44.6. The molecular weight excluding hydrogens is 620 g/mol. The Hall–Kier alpha value is -6.38. The predicted octanol–water partition coefficient (Wildman–Crippen LogP) is 5.91. The number of benzene rings is 4. The summed E-state index contributed by atoms with van der Waals surface area (Å²) in [6, 6.07) is 14.4. The number of carboxylic acids is 2. The van der Waals surface area contributed by atoms with Crippen LogP contribution in [0.4, 0.5) is 11.4 Å². The van der Waals surface area contributed by atoms with E-state index < -0.39 is 55.8 Å². The molecular formula is C32H28N2O13. The van der Waals surface area contributed by atoms with Gasteiger partial charge in [-0.1, -0.05) is 24.3 Å². The Morgan fingerprint density at radius 3 is 1.21 bits per heavy atom. The Balaban J connectivity index is 1.81. The normalized spacial score (nSPS) is 10.6.